The second-order valence-corrected chi connectivity index (χ2v) is 6.43. The molecule has 0 spiro atoms. The third-order valence-electron chi connectivity index (χ3n) is 3.75. The molecule has 0 saturated carbocycles. The van der Waals surface area contributed by atoms with Gasteiger partial charge in [0.1, 0.15) is 5.78 Å². The summed E-state index contributed by atoms with van der Waals surface area (Å²) in [6.45, 7) is 2.70. The lowest BCUT2D eigenvalue weighted by Crippen LogP contribution is -2.15. The number of benzene rings is 1. The van der Waals surface area contributed by atoms with Gasteiger partial charge in [-0.25, -0.2) is 0 Å². The van der Waals surface area contributed by atoms with Crippen LogP contribution >= 0.6 is 11.3 Å². The molecule has 3 nitrogen and oxygen atoms in total. The van der Waals surface area contributed by atoms with Gasteiger partial charge in [-0.05, 0) is 18.6 Å². The number of ketones is 1. The van der Waals surface area contributed by atoms with E-state index in [1.165, 1.54) is 30.6 Å². The first-order chi connectivity index (χ1) is 10.2. The van der Waals surface area contributed by atoms with Crippen LogP contribution in [-0.2, 0) is 11.3 Å². The maximum absolute atomic E-state index is 12.0. The van der Waals surface area contributed by atoms with Crippen LogP contribution in [0.5, 0.6) is 0 Å². The van der Waals surface area contributed by atoms with Crippen molar-refractivity contribution in [1.82, 2.24) is 4.57 Å². The molecule has 0 aliphatic rings. The fraction of sp³-hybridized carbons (Fsp3) is 0.529. The Bertz CT molecular complexity index is 642. The third-order valence-corrected chi connectivity index (χ3v) is 4.71. The topological polar surface area (TPSA) is 39.1 Å². The number of para-hydroxylation sites is 1. The number of hydrogen-bond acceptors (Lipinski definition) is 3. The van der Waals surface area contributed by atoms with E-state index < -0.39 is 0 Å². The Morgan fingerprint density at radius 3 is 2.67 bits per heavy atom. The second-order valence-electron chi connectivity index (χ2n) is 5.44. The summed E-state index contributed by atoms with van der Waals surface area (Å²) in [5.74, 6) is 0.272. The van der Waals surface area contributed by atoms with Crippen molar-refractivity contribution in [3.8, 4) is 0 Å². The van der Waals surface area contributed by atoms with Crippen molar-refractivity contribution < 1.29 is 4.79 Å². The molecule has 114 valence electrons. The van der Waals surface area contributed by atoms with Crippen LogP contribution in [0.2, 0.25) is 0 Å². The molecular formula is C17H23NO2S. The van der Waals surface area contributed by atoms with Gasteiger partial charge in [0.15, 0.2) is 0 Å². The van der Waals surface area contributed by atoms with Crippen molar-refractivity contribution in [2.45, 2.75) is 58.4 Å². The molecule has 0 N–H and O–H groups in total. The second kappa shape index (κ2) is 8.13. The average Bonchev–Trinajstić information content (AvgIpc) is 2.80. The highest BCUT2D eigenvalue weighted by atomic mass is 32.1. The monoisotopic (exact) mass is 305 g/mol. The lowest BCUT2D eigenvalue weighted by Gasteiger charge is -2.04. The summed E-state index contributed by atoms with van der Waals surface area (Å²) < 4.78 is 2.73. The molecule has 0 saturated heterocycles. The van der Waals surface area contributed by atoms with Gasteiger partial charge in [-0.1, -0.05) is 56.1 Å². The van der Waals surface area contributed by atoms with Crippen LogP contribution in [0.15, 0.2) is 29.1 Å². The maximum atomic E-state index is 12.0. The average molecular weight is 305 g/mol. The highest BCUT2D eigenvalue weighted by molar-refractivity contribution is 7.16. The van der Waals surface area contributed by atoms with Gasteiger partial charge in [-0.15, -0.1) is 0 Å². The molecule has 0 amide bonds. The summed E-state index contributed by atoms with van der Waals surface area (Å²) in [7, 11) is 0. The summed E-state index contributed by atoms with van der Waals surface area (Å²) in [6.07, 6.45) is 6.94. The van der Waals surface area contributed by atoms with E-state index in [-0.39, 0.29) is 10.7 Å². The van der Waals surface area contributed by atoms with E-state index in [0.717, 1.165) is 23.1 Å². The van der Waals surface area contributed by atoms with E-state index in [2.05, 4.69) is 6.92 Å². The van der Waals surface area contributed by atoms with Crippen LogP contribution in [-0.4, -0.2) is 10.4 Å². The number of fused-ring (bicyclic) bond motifs is 1. The predicted octanol–water partition coefficient (Wildman–Crippen LogP) is 4.38. The smallest absolute Gasteiger partial charge is 0.300 e. The standard InChI is InChI=1S/C17H23NO2S/c1-2-3-4-5-6-9-14(19)12-13-18-15-10-7-8-11-16(15)21-17(18)20/h7-8,10-11H,2-6,9,12-13H2,1H3. The number of rotatable bonds is 9. The number of carbonyl (C=O) groups excluding carboxylic acids is 1. The maximum Gasteiger partial charge on any atom is 0.308 e. The van der Waals surface area contributed by atoms with Gasteiger partial charge in [0.05, 0.1) is 10.2 Å². The molecule has 0 aliphatic carbocycles. The SMILES string of the molecule is CCCCCCCC(=O)CCn1c(=O)sc2ccccc21. The lowest BCUT2D eigenvalue weighted by atomic mass is 10.1. The van der Waals surface area contributed by atoms with Crippen LogP contribution in [0.4, 0.5) is 0 Å². The van der Waals surface area contributed by atoms with E-state index in [0.29, 0.717) is 19.4 Å². The Balaban J connectivity index is 1.83. The van der Waals surface area contributed by atoms with Gasteiger partial charge in [-0.2, -0.15) is 0 Å². The van der Waals surface area contributed by atoms with Crippen LogP contribution in [0.1, 0.15) is 51.9 Å². The van der Waals surface area contributed by atoms with E-state index in [4.69, 9.17) is 0 Å². The fourth-order valence-corrected chi connectivity index (χ4v) is 3.43. The highest BCUT2D eigenvalue weighted by Gasteiger charge is 2.08. The van der Waals surface area contributed by atoms with Crippen molar-refractivity contribution in [2.24, 2.45) is 0 Å². The Morgan fingerprint density at radius 2 is 1.86 bits per heavy atom. The first kappa shape index (κ1) is 16.0. The molecule has 1 aromatic carbocycles. The van der Waals surface area contributed by atoms with Gasteiger partial charge in [0.25, 0.3) is 0 Å². The fourth-order valence-electron chi connectivity index (χ4n) is 2.51. The van der Waals surface area contributed by atoms with Gasteiger partial charge in [-0.3, -0.25) is 14.2 Å². The van der Waals surface area contributed by atoms with Gasteiger partial charge < -0.3 is 0 Å². The molecule has 0 radical (unpaired) electrons. The molecule has 2 rings (SSSR count). The van der Waals surface area contributed by atoms with E-state index in [9.17, 15) is 9.59 Å². The predicted molar refractivity (Wildman–Crippen MR) is 89.1 cm³/mol. The van der Waals surface area contributed by atoms with Crippen LogP contribution in [0.3, 0.4) is 0 Å². The zero-order valence-corrected chi connectivity index (χ0v) is 13.5. The Hall–Kier alpha value is -1.42. The molecule has 0 fully saturated rings. The van der Waals surface area contributed by atoms with Crippen molar-refractivity contribution in [3.63, 3.8) is 0 Å². The molecular weight excluding hydrogens is 282 g/mol. The number of aryl methyl sites for hydroxylation is 1. The third kappa shape index (κ3) is 4.53. The normalized spacial score (nSPS) is 11.1. The van der Waals surface area contributed by atoms with Crippen molar-refractivity contribution in [1.29, 1.82) is 0 Å². The Labute approximate surface area is 129 Å². The van der Waals surface area contributed by atoms with Crippen LogP contribution in [0.25, 0.3) is 10.2 Å². The van der Waals surface area contributed by atoms with Gasteiger partial charge in [0.2, 0.25) is 0 Å². The number of unbranched alkanes of at least 4 members (excludes halogenated alkanes) is 4. The Morgan fingerprint density at radius 1 is 1.10 bits per heavy atom. The summed E-state index contributed by atoms with van der Waals surface area (Å²) in [5.41, 5.74) is 0.947. The molecule has 21 heavy (non-hydrogen) atoms. The molecule has 0 aliphatic heterocycles. The number of Topliss-reactive ketones (excluding diaryl/α,β-unsaturated/α-hetero) is 1. The number of carbonyl (C=O) groups is 1. The van der Waals surface area contributed by atoms with Gasteiger partial charge in [0, 0.05) is 19.4 Å². The molecule has 0 unspecified atom stereocenters. The van der Waals surface area contributed by atoms with E-state index in [1.807, 2.05) is 24.3 Å². The number of aromatic nitrogens is 1. The molecule has 4 heteroatoms. The van der Waals surface area contributed by atoms with Crippen molar-refractivity contribution in [2.75, 3.05) is 0 Å². The highest BCUT2D eigenvalue weighted by Crippen LogP contribution is 2.17. The Kier molecular flexibility index (Phi) is 6.18. The van der Waals surface area contributed by atoms with E-state index in [1.54, 1.807) is 4.57 Å². The quantitative estimate of drug-likeness (QED) is 0.645. The summed E-state index contributed by atoms with van der Waals surface area (Å²) in [4.78, 5) is 23.9. The number of thiazole rings is 1. The minimum atomic E-state index is 0.0342. The summed E-state index contributed by atoms with van der Waals surface area (Å²) in [5, 5.41) is 0. The minimum absolute atomic E-state index is 0.0342. The van der Waals surface area contributed by atoms with Gasteiger partial charge >= 0.3 is 4.87 Å². The zero-order chi connectivity index (χ0) is 15.1. The van der Waals surface area contributed by atoms with Crippen LogP contribution < -0.4 is 4.87 Å². The van der Waals surface area contributed by atoms with E-state index >= 15 is 0 Å². The number of hydrogen-bond donors (Lipinski definition) is 0. The minimum Gasteiger partial charge on any atom is -0.300 e. The summed E-state index contributed by atoms with van der Waals surface area (Å²) >= 11 is 1.25. The molecule has 0 atom stereocenters. The first-order valence-electron chi connectivity index (χ1n) is 7.82. The molecule has 2 aromatic rings. The van der Waals surface area contributed by atoms with Crippen LogP contribution in [0, 0.1) is 0 Å². The molecule has 1 aromatic heterocycles. The van der Waals surface area contributed by atoms with Crippen molar-refractivity contribution >= 4 is 27.3 Å². The largest absolute Gasteiger partial charge is 0.308 e. The molecule has 1 heterocycles. The molecule has 0 bridgehead atoms. The summed E-state index contributed by atoms with van der Waals surface area (Å²) in [6, 6.07) is 7.76. The zero-order valence-electron chi connectivity index (χ0n) is 12.6. The lowest BCUT2D eigenvalue weighted by molar-refractivity contribution is -0.119. The van der Waals surface area contributed by atoms with Crippen molar-refractivity contribution in [3.05, 3.63) is 33.9 Å². The first-order valence-corrected chi connectivity index (χ1v) is 8.64. The number of nitrogens with zero attached hydrogens (tertiary/aromatic N) is 1.